The predicted octanol–water partition coefficient (Wildman–Crippen LogP) is 3.23. The minimum Gasteiger partial charge on any atom is -0.297 e. The number of benzene rings is 1. The lowest BCUT2D eigenvalue weighted by molar-refractivity contribution is -0.124. The molecule has 1 atom stereocenters. The molecule has 17 heavy (non-hydrogen) atoms. The summed E-state index contributed by atoms with van der Waals surface area (Å²) in [6.45, 7) is 2.01. The quantitative estimate of drug-likeness (QED) is 0.774. The molecule has 0 heterocycles. The molecule has 2 heteroatoms. The van der Waals surface area contributed by atoms with Crippen molar-refractivity contribution in [3.8, 4) is 6.07 Å². The summed E-state index contributed by atoms with van der Waals surface area (Å²) in [6.07, 6.45) is 3.37. The molecule has 0 radical (unpaired) electrons. The molecule has 2 nitrogen and oxygen atoms in total. The van der Waals surface area contributed by atoms with Crippen LogP contribution in [0.15, 0.2) is 30.3 Å². The molecule has 1 saturated carbocycles. The zero-order valence-corrected chi connectivity index (χ0v) is 10.1. The number of nitrogens with zero attached hydrogens (tertiary/aromatic N) is 1. The Bertz CT molecular complexity index is 440. The average Bonchev–Trinajstić information content (AvgIpc) is 3.18. The summed E-state index contributed by atoms with van der Waals surface area (Å²) in [6, 6.07) is 12.1. The molecular formula is C15H17NO. The van der Waals surface area contributed by atoms with Crippen molar-refractivity contribution >= 4 is 5.78 Å². The normalized spacial score (nSPS) is 18.1. The summed E-state index contributed by atoms with van der Waals surface area (Å²) in [4.78, 5) is 12.4. The van der Waals surface area contributed by atoms with Crippen LogP contribution in [-0.4, -0.2) is 5.78 Å². The molecule has 88 valence electrons. The monoisotopic (exact) mass is 227 g/mol. The van der Waals surface area contributed by atoms with E-state index in [-0.39, 0.29) is 11.2 Å². The van der Waals surface area contributed by atoms with Crippen LogP contribution in [0, 0.1) is 17.2 Å². The molecule has 0 aliphatic heterocycles. The highest BCUT2D eigenvalue weighted by Crippen LogP contribution is 2.50. The van der Waals surface area contributed by atoms with Gasteiger partial charge in [-0.15, -0.1) is 0 Å². The molecular weight excluding hydrogens is 210 g/mol. The van der Waals surface area contributed by atoms with E-state index in [0.717, 1.165) is 24.8 Å². The molecule has 1 aromatic carbocycles. The summed E-state index contributed by atoms with van der Waals surface area (Å²) in [5.41, 5.74) is 0.748. The lowest BCUT2D eigenvalue weighted by atomic mass is 9.83. The molecule has 1 aliphatic rings. The van der Waals surface area contributed by atoms with E-state index in [1.165, 1.54) is 0 Å². The lowest BCUT2D eigenvalue weighted by Gasteiger charge is -2.17. The van der Waals surface area contributed by atoms with Gasteiger partial charge in [0.15, 0.2) is 5.78 Å². The van der Waals surface area contributed by atoms with E-state index < -0.39 is 5.92 Å². The van der Waals surface area contributed by atoms with Gasteiger partial charge in [0.1, 0.15) is 5.92 Å². The third-order valence-corrected chi connectivity index (χ3v) is 3.60. The number of Topliss-reactive ketones (excluding diaryl/α,β-unsaturated/α-hetero) is 1. The molecule has 0 spiro atoms. The van der Waals surface area contributed by atoms with Crippen molar-refractivity contribution < 1.29 is 4.79 Å². The topological polar surface area (TPSA) is 40.9 Å². The van der Waals surface area contributed by atoms with E-state index in [9.17, 15) is 4.79 Å². The van der Waals surface area contributed by atoms with E-state index in [4.69, 9.17) is 5.26 Å². The molecule has 2 rings (SSSR count). The minimum atomic E-state index is -0.428. The van der Waals surface area contributed by atoms with Gasteiger partial charge in [-0.2, -0.15) is 5.26 Å². The highest BCUT2D eigenvalue weighted by molar-refractivity contribution is 5.96. The Morgan fingerprint density at radius 1 is 1.41 bits per heavy atom. The van der Waals surface area contributed by atoms with Gasteiger partial charge in [0.05, 0.1) is 11.5 Å². The summed E-state index contributed by atoms with van der Waals surface area (Å²) in [5, 5.41) is 9.09. The molecule has 0 aromatic heterocycles. The van der Waals surface area contributed by atoms with Crippen LogP contribution in [0.1, 0.15) is 38.2 Å². The number of nitriles is 1. The molecule has 1 unspecified atom stereocenters. The van der Waals surface area contributed by atoms with Crippen LogP contribution >= 0.6 is 0 Å². The summed E-state index contributed by atoms with van der Waals surface area (Å²) in [7, 11) is 0. The SMILES string of the molecule is CCCC(C#N)C(=O)C1(c2ccccc2)CC1. The van der Waals surface area contributed by atoms with Gasteiger partial charge >= 0.3 is 0 Å². The van der Waals surface area contributed by atoms with Crippen LogP contribution < -0.4 is 0 Å². The van der Waals surface area contributed by atoms with Crippen molar-refractivity contribution in [2.45, 2.75) is 38.0 Å². The van der Waals surface area contributed by atoms with Gasteiger partial charge in [0.2, 0.25) is 0 Å². The van der Waals surface area contributed by atoms with Crippen LogP contribution in [0.4, 0.5) is 0 Å². The van der Waals surface area contributed by atoms with E-state index in [2.05, 4.69) is 6.07 Å². The first-order chi connectivity index (χ1) is 8.24. The summed E-state index contributed by atoms with van der Waals surface area (Å²) < 4.78 is 0. The van der Waals surface area contributed by atoms with Crippen molar-refractivity contribution in [1.82, 2.24) is 0 Å². The van der Waals surface area contributed by atoms with E-state index >= 15 is 0 Å². The number of carbonyl (C=O) groups is 1. The van der Waals surface area contributed by atoms with Gasteiger partial charge in [-0.1, -0.05) is 43.7 Å². The molecule has 0 saturated heterocycles. The third-order valence-electron chi connectivity index (χ3n) is 3.60. The number of hydrogen-bond donors (Lipinski definition) is 0. The van der Waals surface area contributed by atoms with Gasteiger partial charge in [-0.25, -0.2) is 0 Å². The van der Waals surface area contributed by atoms with E-state index in [0.29, 0.717) is 6.42 Å². The van der Waals surface area contributed by atoms with E-state index in [1.54, 1.807) is 0 Å². The molecule has 1 fully saturated rings. The van der Waals surface area contributed by atoms with Crippen molar-refractivity contribution in [3.63, 3.8) is 0 Å². The average molecular weight is 227 g/mol. The van der Waals surface area contributed by atoms with Crippen molar-refractivity contribution in [2.75, 3.05) is 0 Å². The standard InChI is InChI=1S/C15H17NO/c1-2-6-12(11-16)14(17)15(9-10-15)13-7-4-3-5-8-13/h3-5,7-8,12H,2,6,9-10H2,1H3. The largest absolute Gasteiger partial charge is 0.297 e. The number of ketones is 1. The fourth-order valence-electron chi connectivity index (χ4n) is 2.44. The Labute approximate surface area is 102 Å². The van der Waals surface area contributed by atoms with Crippen molar-refractivity contribution in [3.05, 3.63) is 35.9 Å². The van der Waals surface area contributed by atoms with Crippen LogP contribution in [0.3, 0.4) is 0 Å². The van der Waals surface area contributed by atoms with Crippen LogP contribution in [-0.2, 0) is 10.2 Å². The Kier molecular flexibility index (Phi) is 3.28. The Balaban J connectivity index is 2.23. The third kappa shape index (κ3) is 2.10. The van der Waals surface area contributed by atoms with Crippen molar-refractivity contribution in [1.29, 1.82) is 5.26 Å². The van der Waals surface area contributed by atoms with Crippen LogP contribution in [0.25, 0.3) is 0 Å². The summed E-state index contributed by atoms with van der Waals surface area (Å²) >= 11 is 0. The second-order valence-electron chi connectivity index (χ2n) is 4.78. The highest BCUT2D eigenvalue weighted by atomic mass is 16.1. The lowest BCUT2D eigenvalue weighted by Crippen LogP contribution is -2.27. The van der Waals surface area contributed by atoms with E-state index in [1.807, 2.05) is 37.3 Å². The van der Waals surface area contributed by atoms with Crippen LogP contribution in [0.2, 0.25) is 0 Å². The number of carbonyl (C=O) groups excluding carboxylic acids is 1. The van der Waals surface area contributed by atoms with Crippen molar-refractivity contribution in [2.24, 2.45) is 5.92 Å². The van der Waals surface area contributed by atoms with Gasteiger partial charge in [0.25, 0.3) is 0 Å². The molecule has 0 amide bonds. The number of hydrogen-bond acceptors (Lipinski definition) is 2. The maximum atomic E-state index is 12.4. The van der Waals surface area contributed by atoms with Gasteiger partial charge in [0, 0.05) is 0 Å². The maximum absolute atomic E-state index is 12.4. The second kappa shape index (κ2) is 4.71. The Hall–Kier alpha value is -1.62. The van der Waals surface area contributed by atoms with Crippen LogP contribution in [0.5, 0.6) is 0 Å². The fraction of sp³-hybridized carbons (Fsp3) is 0.467. The zero-order chi connectivity index (χ0) is 12.3. The zero-order valence-electron chi connectivity index (χ0n) is 10.1. The summed E-state index contributed by atoms with van der Waals surface area (Å²) in [5.74, 6) is -0.296. The number of rotatable bonds is 5. The van der Waals surface area contributed by atoms with Gasteiger partial charge in [-0.3, -0.25) is 4.79 Å². The Morgan fingerprint density at radius 2 is 2.06 bits per heavy atom. The first-order valence-corrected chi connectivity index (χ1v) is 6.24. The highest BCUT2D eigenvalue weighted by Gasteiger charge is 2.52. The smallest absolute Gasteiger partial charge is 0.160 e. The molecule has 1 aliphatic carbocycles. The predicted molar refractivity (Wildman–Crippen MR) is 66.4 cm³/mol. The van der Waals surface area contributed by atoms with Gasteiger partial charge in [-0.05, 0) is 24.8 Å². The first kappa shape index (κ1) is 11.9. The molecule has 0 bridgehead atoms. The second-order valence-corrected chi connectivity index (χ2v) is 4.78. The first-order valence-electron chi connectivity index (χ1n) is 6.24. The Morgan fingerprint density at radius 3 is 2.53 bits per heavy atom. The maximum Gasteiger partial charge on any atom is 0.160 e. The molecule has 0 N–H and O–H groups in total. The minimum absolute atomic E-state index is 0.132. The molecule has 1 aromatic rings. The van der Waals surface area contributed by atoms with Gasteiger partial charge < -0.3 is 0 Å². The fourth-order valence-corrected chi connectivity index (χ4v) is 2.44.